The first-order chi connectivity index (χ1) is 5.09. The van der Waals surface area contributed by atoms with E-state index in [1.807, 2.05) is 0 Å². The minimum absolute atomic E-state index is 0.00375. The van der Waals surface area contributed by atoms with Crippen LogP contribution in [0, 0.1) is 4.77 Å². The van der Waals surface area contributed by atoms with E-state index >= 15 is 0 Å². The van der Waals surface area contributed by atoms with Gasteiger partial charge in [-0.15, -0.1) is 0 Å². The van der Waals surface area contributed by atoms with Gasteiger partial charge in [0.15, 0.2) is 4.77 Å². The van der Waals surface area contributed by atoms with Crippen molar-refractivity contribution in [3.63, 3.8) is 0 Å². The minimum atomic E-state index is -2.60. The second-order valence-electron chi connectivity index (χ2n) is 1.87. The van der Waals surface area contributed by atoms with Crippen LogP contribution in [-0.4, -0.2) is 9.97 Å². The van der Waals surface area contributed by atoms with Crippen LogP contribution in [0.4, 0.5) is 14.6 Å². The Kier molecular flexibility index (Phi) is 2.13. The summed E-state index contributed by atoms with van der Waals surface area (Å²) < 4.78 is 23.9. The zero-order valence-electron chi connectivity index (χ0n) is 5.34. The number of anilines is 1. The van der Waals surface area contributed by atoms with Gasteiger partial charge in [-0.05, 0) is 12.2 Å². The Labute approximate surface area is 66.3 Å². The number of rotatable bonds is 1. The molecule has 1 aromatic heterocycles. The zero-order valence-corrected chi connectivity index (χ0v) is 6.16. The molecule has 0 fully saturated rings. The molecule has 0 amide bonds. The first-order valence-corrected chi connectivity index (χ1v) is 3.15. The maximum absolute atomic E-state index is 12.0. The molecule has 6 heteroatoms. The van der Waals surface area contributed by atoms with Gasteiger partial charge in [0.25, 0.3) is 6.43 Å². The van der Waals surface area contributed by atoms with Crippen molar-refractivity contribution in [2.75, 3.05) is 5.73 Å². The van der Waals surface area contributed by atoms with Gasteiger partial charge in [0.2, 0.25) is 0 Å². The Bertz CT molecular complexity index is 309. The molecule has 0 aliphatic rings. The predicted octanol–water partition coefficient (Wildman–Crippen LogP) is 1.66. The molecule has 11 heavy (non-hydrogen) atoms. The number of hydrogen-bond donors (Lipinski definition) is 2. The molecular weight excluding hydrogens is 172 g/mol. The predicted molar refractivity (Wildman–Crippen MR) is 38.8 cm³/mol. The van der Waals surface area contributed by atoms with Crippen molar-refractivity contribution in [1.29, 1.82) is 0 Å². The first-order valence-electron chi connectivity index (χ1n) is 2.74. The van der Waals surface area contributed by atoms with Crippen molar-refractivity contribution in [1.82, 2.24) is 9.97 Å². The van der Waals surface area contributed by atoms with Crippen LogP contribution < -0.4 is 5.73 Å². The summed E-state index contributed by atoms with van der Waals surface area (Å²) in [5, 5.41) is 0. The summed E-state index contributed by atoms with van der Waals surface area (Å²) in [5.74, 6) is 0.00375. The van der Waals surface area contributed by atoms with Crippen LogP contribution in [0.2, 0.25) is 0 Å². The number of nitrogens with one attached hydrogen (secondary N) is 1. The van der Waals surface area contributed by atoms with E-state index in [4.69, 9.17) is 5.73 Å². The molecule has 3 N–H and O–H groups in total. The van der Waals surface area contributed by atoms with E-state index < -0.39 is 6.43 Å². The Morgan fingerprint density at radius 3 is 2.73 bits per heavy atom. The Hall–Kier alpha value is -1.04. The first kappa shape index (κ1) is 8.06. The summed E-state index contributed by atoms with van der Waals surface area (Å²) in [5.41, 5.74) is 4.86. The smallest absolute Gasteiger partial charge is 0.278 e. The van der Waals surface area contributed by atoms with E-state index in [1.54, 1.807) is 0 Å². The molecule has 0 aliphatic heterocycles. The summed E-state index contributed by atoms with van der Waals surface area (Å²) in [7, 11) is 0. The van der Waals surface area contributed by atoms with Crippen LogP contribution >= 0.6 is 12.2 Å². The minimum Gasteiger partial charge on any atom is -0.384 e. The van der Waals surface area contributed by atoms with E-state index in [1.165, 1.54) is 0 Å². The zero-order chi connectivity index (χ0) is 8.43. The lowest BCUT2D eigenvalue weighted by Gasteiger charge is -1.99. The van der Waals surface area contributed by atoms with Crippen LogP contribution in [0.15, 0.2) is 6.07 Å². The maximum atomic E-state index is 12.0. The second-order valence-corrected chi connectivity index (χ2v) is 2.25. The van der Waals surface area contributed by atoms with E-state index in [2.05, 4.69) is 22.2 Å². The number of aromatic amines is 1. The fraction of sp³-hybridized carbons (Fsp3) is 0.200. The van der Waals surface area contributed by atoms with Crippen molar-refractivity contribution in [3.05, 3.63) is 16.5 Å². The summed E-state index contributed by atoms with van der Waals surface area (Å²) in [6.07, 6.45) is -2.60. The lowest BCUT2D eigenvalue weighted by Crippen LogP contribution is -1.97. The number of nitrogens with zero attached hydrogens (tertiary/aromatic N) is 1. The van der Waals surface area contributed by atoms with Crippen LogP contribution in [0.3, 0.4) is 0 Å². The summed E-state index contributed by atoms with van der Waals surface area (Å²) >= 11 is 4.53. The molecule has 0 spiro atoms. The van der Waals surface area contributed by atoms with Gasteiger partial charge in [0, 0.05) is 6.07 Å². The van der Waals surface area contributed by atoms with Crippen molar-refractivity contribution in [2.45, 2.75) is 6.43 Å². The van der Waals surface area contributed by atoms with Gasteiger partial charge in [-0.2, -0.15) is 0 Å². The molecule has 0 atom stereocenters. The highest BCUT2D eigenvalue weighted by Crippen LogP contribution is 2.16. The van der Waals surface area contributed by atoms with Gasteiger partial charge >= 0.3 is 0 Å². The maximum Gasteiger partial charge on any atom is 0.278 e. The number of nitrogen functional groups attached to an aromatic ring is 1. The summed E-state index contributed by atoms with van der Waals surface area (Å²) in [6, 6.07) is 1.06. The lowest BCUT2D eigenvalue weighted by atomic mass is 10.4. The monoisotopic (exact) mass is 177 g/mol. The molecule has 0 aromatic carbocycles. The van der Waals surface area contributed by atoms with E-state index in [0.29, 0.717) is 0 Å². The second kappa shape index (κ2) is 2.91. The van der Waals surface area contributed by atoms with Crippen molar-refractivity contribution < 1.29 is 8.78 Å². The van der Waals surface area contributed by atoms with Crippen molar-refractivity contribution in [2.24, 2.45) is 0 Å². The number of alkyl halides is 2. The lowest BCUT2D eigenvalue weighted by molar-refractivity contribution is 0.146. The van der Waals surface area contributed by atoms with Crippen LogP contribution in [0.1, 0.15) is 12.1 Å². The van der Waals surface area contributed by atoms with E-state index in [0.717, 1.165) is 6.07 Å². The van der Waals surface area contributed by atoms with Crippen LogP contribution in [0.25, 0.3) is 0 Å². The average molecular weight is 177 g/mol. The molecule has 1 heterocycles. The highest BCUT2D eigenvalue weighted by atomic mass is 32.1. The highest BCUT2D eigenvalue weighted by Gasteiger charge is 2.07. The Morgan fingerprint density at radius 1 is 1.64 bits per heavy atom. The normalized spacial score (nSPS) is 10.5. The third-order valence-corrected chi connectivity index (χ3v) is 1.21. The largest absolute Gasteiger partial charge is 0.384 e. The molecule has 1 aromatic rings. The van der Waals surface area contributed by atoms with Gasteiger partial charge in [0.05, 0.1) is 5.69 Å². The highest BCUT2D eigenvalue weighted by molar-refractivity contribution is 7.71. The molecule has 0 saturated heterocycles. The fourth-order valence-electron chi connectivity index (χ4n) is 0.614. The third kappa shape index (κ3) is 1.94. The fourth-order valence-corrected chi connectivity index (χ4v) is 0.837. The molecule has 0 aliphatic carbocycles. The standard InChI is InChI=1S/C5H5F2N3S/c6-4(7)2-1-3(8)10-5(11)9-2/h1,4H,(H3,8,9,10,11). The SMILES string of the molecule is Nc1cc(C(F)F)[nH]c(=S)n1. The number of aromatic nitrogens is 2. The molecule has 0 bridgehead atoms. The summed E-state index contributed by atoms with van der Waals surface area (Å²) in [6.45, 7) is 0. The molecule has 3 nitrogen and oxygen atoms in total. The van der Waals surface area contributed by atoms with Gasteiger partial charge in [-0.1, -0.05) is 0 Å². The molecular formula is C5H5F2N3S. The molecule has 1 rings (SSSR count). The van der Waals surface area contributed by atoms with Gasteiger partial charge in [-0.3, -0.25) is 0 Å². The number of H-pyrrole nitrogens is 1. The Morgan fingerprint density at radius 2 is 2.27 bits per heavy atom. The number of nitrogens with two attached hydrogens (primary N) is 1. The van der Waals surface area contributed by atoms with Crippen LogP contribution in [-0.2, 0) is 0 Å². The van der Waals surface area contributed by atoms with Gasteiger partial charge in [-0.25, -0.2) is 13.8 Å². The Balaban J connectivity index is 3.19. The summed E-state index contributed by atoms with van der Waals surface area (Å²) in [4.78, 5) is 5.74. The molecule has 60 valence electrons. The van der Waals surface area contributed by atoms with E-state index in [-0.39, 0.29) is 16.3 Å². The van der Waals surface area contributed by atoms with Gasteiger partial charge < -0.3 is 10.7 Å². The number of hydrogen-bond acceptors (Lipinski definition) is 3. The van der Waals surface area contributed by atoms with Crippen LogP contribution in [0.5, 0.6) is 0 Å². The topological polar surface area (TPSA) is 54.7 Å². The quantitative estimate of drug-likeness (QED) is 0.641. The van der Waals surface area contributed by atoms with E-state index in [9.17, 15) is 8.78 Å². The molecule has 0 unspecified atom stereocenters. The average Bonchev–Trinajstić information content (AvgIpc) is 1.85. The third-order valence-electron chi connectivity index (χ3n) is 1.02. The van der Waals surface area contributed by atoms with Crippen molar-refractivity contribution in [3.8, 4) is 0 Å². The van der Waals surface area contributed by atoms with Gasteiger partial charge in [0.1, 0.15) is 5.82 Å². The molecule has 0 saturated carbocycles. The van der Waals surface area contributed by atoms with Crippen molar-refractivity contribution >= 4 is 18.0 Å². The number of halogens is 2. The molecule has 0 radical (unpaired) electrons.